The second kappa shape index (κ2) is 13.7. The van der Waals surface area contributed by atoms with Crippen LogP contribution in [0, 0.1) is 56.7 Å². The van der Waals surface area contributed by atoms with Crippen LogP contribution in [0.3, 0.4) is 0 Å². The maximum absolute atomic E-state index is 12.9. The molecule has 7 rings (SSSR count). The van der Waals surface area contributed by atoms with Gasteiger partial charge in [-0.1, -0.05) is 65.3 Å². The minimum Gasteiger partial charge on any atom is -0.465 e. The van der Waals surface area contributed by atoms with Crippen molar-refractivity contribution < 1.29 is 14.6 Å². The minimum atomic E-state index is -0.781. The predicted octanol–water partition coefficient (Wildman–Crippen LogP) is 9.66. The number of aliphatic hydroxyl groups excluding tert-OH is 1. The van der Waals surface area contributed by atoms with Gasteiger partial charge in [-0.15, -0.1) is 0 Å². The van der Waals surface area contributed by atoms with E-state index in [0.29, 0.717) is 48.0 Å². The van der Waals surface area contributed by atoms with Gasteiger partial charge in [0.05, 0.1) is 18.6 Å². The van der Waals surface area contributed by atoms with E-state index < -0.39 is 5.41 Å². The zero-order chi connectivity index (χ0) is 36.5. The Morgan fingerprint density at radius 2 is 1.69 bits per heavy atom. The minimum absolute atomic E-state index is 0.0809. The van der Waals surface area contributed by atoms with Crippen LogP contribution in [-0.2, 0) is 9.53 Å². The zero-order valence-electron chi connectivity index (χ0n) is 33.8. The molecule has 0 aromatic carbocycles. The van der Waals surface area contributed by atoms with E-state index in [1.165, 1.54) is 107 Å². The smallest absolute Gasteiger partial charge is 0.314 e. The number of likely N-dealkylation sites (tertiary alicyclic amines) is 1. The molecule has 5 heteroatoms. The van der Waals surface area contributed by atoms with Crippen molar-refractivity contribution in [1.82, 2.24) is 10.2 Å². The fourth-order valence-corrected chi connectivity index (χ4v) is 15.1. The van der Waals surface area contributed by atoms with Gasteiger partial charge in [0.15, 0.2) is 0 Å². The molecule has 5 nitrogen and oxygen atoms in total. The first-order valence-electron chi connectivity index (χ1n) is 21.5. The molecule has 2 N–H and O–H groups in total. The summed E-state index contributed by atoms with van der Waals surface area (Å²) in [7, 11) is 0. The second-order valence-corrected chi connectivity index (χ2v) is 20.3. The summed E-state index contributed by atoms with van der Waals surface area (Å²) >= 11 is 0. The molecule has 4 saturated carbocycles. The highest BCUT2D eigenvalue weighted by Crippen LogP contribution is 2.76. The summed E-state index contributed by atoms with van der Waals surface area (Å²) in [5.41, 5.74) is 4.95. The molecular formula is C46H74N2O3. The lowest BCUT2D eigenvalue weighted by Crippen LogP contribution is -2.68. The number of esters is 1. The summed E-state index contributed by atoms with van der Waals surface area (Å²) in [6.45, 7) is 27.3. The number of fused-ring (bicyclic) bond motifs is 7. The quantitative estimate of drug-likeness (QED) is 0.185. The van der Waals surface area contributed by atoms with Crippen LogP contribution >= 0.6 is 0 Å². The van der Waals surface area contributed by atoms with Gasteiger partial charge < -0.3 is 20.1 Å². The third-order valence-electron chi connectivity index (χ3n) is 18.0. The molecule has 0 aromatic rings. The van der Waals surface area contributed by atoms with Crippen molar-refractivity contribution in [3.8, 4) is 0 Å². The molecule has 0 radical (unpaired) electrons. The lowest BCUT2D eigenvalue weighted by molar-refractivity contribution is -0.221. The maximum atomic E-state index is 12.9. The van der Waals surface area contributed by atoms with E-state index in [1.54, 1.807) is 0 Å². The number of aliphatic hydroxyl groups is 1. The van der Waals surface area contributed by atoms with Gasteiger partial charge in [-0.25, -0.2) is 0 Å². The van der Waals surface area contributed by atoms with Gasteiger partial charge in [0.25, 0.3) is 0 Å². The molecule has 1 heterocycles. The summed E-state index contributed by atoms with van der Waals surface area (Å²) in [6, 6.07) is 0. The highest BCUT2D eigenvalue weighted by atomic mass is 16.5. The summed E-state index contributed by atoms with van der Waals surface area (Å²) in [5.74, 6) is 3.28. The number of hydrogen-bond acceptors (Lipinski definition) is 5. The molecule has 1 unspecified atom stereocenters. The second-order valence-electron chi connectivity index (χ2n) is 20.3. The molecule has 5 fully saturated rings. The first kappa shape index (κ1) is 37.9. The molecule has 51 heavy (non-hydrogen) atoms. The van der Waals surface area contributed by atoms with Gasteiger partial charge >= 0.3 is 5.97 Å². The van der Waals surface area contributed by atoms with Gasteiger partial charge in [-0.3, -0.25) is 4.79 Å². The lowest BCUT2D eigenvalue weighted by Gasteiger charge is -2.72. The Labute approximate surface area is 311 Å². The van der Waals surface area contributed by atoms with Gasteiger partial charge in [-0.05, 0) is 179 Å². The average molecular weight is 703 g/mol. The average Bonchev–Trinajstić information content (AvgIpc) is 3.49. The molecule has 286 valence electrons. The van der Waals surface area contributed by atoms with Crippen LogP contribution in [-0.4, -0.2) is 60.9 Å². The van der Waals surface area contributed by atoms with E-state index in [1.807, 2.05) is 6.92 Å². The van der Waals surface area contributed by atoms with Crippen LogP contribution in [0.25, 0.3) is 0 Å². The fraction of sp³-hybridized carbons (Fsp3) is 0.848. The first-order valence-corrected chi connectivity index (χ1v) is 21.5. The summed E-state index contributed by atoms with van der Waals surface area (Å²) in [5, 5.41) is 14.7. The highest BCUT2D eigenvalue weighted by molar-refractivity contribution is 5.77. The molecule has 0 amide bonds. The number of rotatable bonds is 9. The maximum Gasteiger partial charge on any atom is 0.314 e. The molecule has 0 aromatic heterocycles. The SMILES string of the molecule is C=C(C)[C@@H]1CC[C@]2(NCCN3CCCCC3)CC[C@]3(C)[C@H](CC[C@@H]4[C@@]5(C)CC=C(C6=CCC(CO)(C(=O)OCC)CC6)C(C)(C)[C@@H]5CC[C@]43C)[C@@H]12. The van der Waals surface area contributed by atoms with Gasteiger partial charge in [0, 0.05) is 18.6 Å². The summed E-state index contributed by atoms with van der Waals surface area (Å²) < 4.78 is 5.42. The van der Waals surface area contributed by atoms with Crippen molar-refractivity contribution in [3.05, 3.63) is 35.5 Å². The van der Waals surface area contributed by atoms with E-state index in [0.717, 1.165) is 31.2 Å². The predicted molar refractivity (Wildman–Crippen MR) is 209 cm³/mol. The number of hydrogen-bond donors (Lipinski definition) is 2. The van der Waals surface area contributed by atoms with Crippen LogP contribution in [0.5, 0.6) is 0 Å². The molecule has 1 aliphatic heterocycles. The third-order valence-corrected chi connectivity index (χ3v) is 18.0. The number of ether oxygens (including phenoxy) is 1. The van der Waals surface area contributed by atoms with Crippen molar-refractivity contribution in [2.45, 2.75) is 150 Å². The number of carbonyl (C=O) groups excluding carboxylic acids is 1. The molecule has 0 spiro atoms. The van der Waals surface area contributed by atoms with E-state index in [9.17, 15) is 9.90 Å². The Morgan fingerprint density at radius 1 is 0.922 bits per heavy atom. The van der Waals surface area contributed by atoms with Crippen LogP contribution in [0.4, 0.5) is 0 Å². The van der Waals surface area contributed by atoms with Gasteiger partial charge in [0.1, 0.15) is 0 Å². The zero-order valence-corrected chi connectivity index (χ0v) is 33.8. The lowest BCUT2D eigenvalue weighted by atomic mass is 9.33. The van der Waals surface area contributed by atoms with E-state index in [-0.39, 0.29) is 28.9 Å². The molecule has 0 bridgehead atoms. The van der Waals surface area contributed by atoms with E-state index >= 15 is 0 Å². The van der Waals surface area contributed by atoms with Crippen LogP contribution in [0.2, 0.25) is 0 Å². The topological polar surface area (TPSA) is 61.8 Å². The van der Waals surface area contributed by atoms with Crippen LogP contribution < -0.4 is 5.32 Å². The van der Waals surface area contributed by atoms with Crippen molar-refractivity contribution in [2.75, 3.05) is 39.4 Å². The van der Waals surface area contributed by atoms with Crippen LogP contribution in [0.15, 0.2) is 35.5 Å². The Bertz CT molecular complexity index is 1410. The number of allylic oxidation sites excluding steroid dienone is 5. The van der Waals surface area contributed by atoms with Crippen molar-refractivity contribution >= 4 is 5.97 Å². The largest absolute Gasteiger partial charge is 0.465 e. The normalized spacial score (nSPS) is 45.0. The first-order chi connectivity index (χ1) is 24.2. The number of nitrogens with one attached hydrogen (secondary N) is 1. The molecule has 10 atom stereocenters. The Balaban J connectivity index is 1.14. The Hall–Kier alpha value is -1.43. The van der Waals surface area contributed by atoms with Crippen molar-refractivity contribution in [1.29, 1.82) is 0 Å². The van der Waals surface area contributed by atoms with Crippen molar-refractivity contribution in [3.63, 3.8) is 0 Å². The van der Waals surface area contributed by atoms with Crippen LogP contribution in [0.1, 0.15) is 145 Å². The molecule has 6 aliphatic carbocycles. The van der Waals surface area contributed by atoms with Gasteiger partial charge in [0.2, 0.25) is 0 Å². The fourth-order valence-electron chi connectivity index (χ4n) is 15.1. The van der Waals surface area contributed by atoms with Crippen molar-refractivity contribution in [2.24, 2.45) is 56.7 Å². The summed E-state index contributed by atoms with van der Waals surface area (Å²) in [4.78, 5) is 15.6. The number of nitrogens with zero attached hydrogens (tertiary/aromatic N) is 1. The number of piperidine rings is 1. The van der Waals surface area contributed by atoms with E-state index in [4.69, 9.17) is 4.74 Å². The Morgan fingerprint density at radius 3 is 2.35 bits per heavy atom. The Kier molecular flexibility index (Phi) is 10.2. The van der Waals surface area contributed by atoms with E-state index in [2.05, 4.69) is 70.5 Å². The summed E-state index contributed by atoms with van der Waals surface area (Å²) in [6.07, 6.45) is 23.1. The molecule has 7 aliphatic rings. The van der Waals surface area contributed by atoms with Gasteiger partial charge in [-0.2, -0.15) is 0 Å². The standard InChI is InChI=1S/C46H74N2O3/c1-9-51-40(50)45(31-49)22-15-33(16-23-45)35-18-20-42(6)37(41(35,4)5)19-21-44(8)38(42)14-13-36-39-34(32(2)3)17-24-46(39,26-25-43(36,44)7)47-27-30-48-28-11-10-12-29-48/h15,18,34,36-39,47,49H,2,9-14,16-17,19-31H2,1,3-8H3/t34-,36+,37-,38+,39+,42-,43+,44+,45?,46-/m0/s1. The molecular weight excluding hydrogens is 629 g/mol. The third kappa shape index (κ3) is 5.82. The number of carbonyl (C=O) groups is 1. The molecule has 1 saturated heterocycles. The monoisotopic (exact) mass is 703 g/mol. The highest BCUT2D eigenvalue weighted by Gasteiger charge is 2.70.